The molecule has 1 N–H and O–H groups in total. The molecule has 3 heterocycles. The average Bonchev–Trinajstić information content (AvgIpc) is 3.16. The minimum absolute atomic E-state index is 0.0475. The third-order valence-corrected chi connectivity index (χ3v) is 5.15. The summed E-state index contributed by atoms with van der Waals surface area (Å²) in [5.74, 6) is 0.884. The maximum absolute atomic E-state index is 12.9. The molecule has 8 heteroatoms. The highest BCUT2D eigenvalue weighted by Crippen LogP contribution is 2.27. The molecule has 0 spiro atoms. The van der Waals surface area contributed by atoms with E-state index in [1.165, 1.54) is 6.33 Å². The fourth-order valence-corrected chi connectivity index (χ4v) is 3.59. The van der Waals surface area contributed by atoms with Crippen molar-refractivity contribution in [3.63, 3.8) is 0 Å². The summed E-state index contributed by atoms with van der Waals surface area (Å²) in [4.78, 5) is 23.2. The van der Waals surface area contributed by atoms with Crippen molar-refractivity contribution in [2.75, 3.05) is 31.7 Å². The Morgan fingerprint density at radius 1 is 1.38 bits per heavy atom. The van der Waals surface area contributed by atoms with Crippen molar-refractivity contribution in [1.82, 2.24) is 25.1 Å². The van der Waals surface area contributed by atoms with Crippen LogP contribution in [-0.2, 0) is 23.1 Å². The van der Waals surface area contributed by atoms with E-state index >= 15 is 0 Å². The summed E-state index contributed by atoms with van der Waals surface area (Å²) < 4.78 is 7.19. The molecule has 2 aromatic heterocycles. The average molecular weight is 358 g/mol. The van der Waals surface area contributed by atoms with Gasteiger partial charge in [-0.15, -0.1) is 0 Å². The van der Waals surface area contributed by atoms with Crippen LogP contribution >= 0.6 is 0 Å². The van der Waals surface area contributed by atoms with E-state index in [4.69, 9.17) is 4.74 Å². The monoisotopic (exact) mass is 358 g/mol. The van der Waals surface area contributed by atoms with Gasteiger partial charge in [0.25, 0.3) is 0 Å². The maximum Gasteiger partial charge on any atom is 0.225 e. The van der Waals surface area contributed by atoms with E-state index in [1.807, 2.05) is 31.6 Å². The number of aromatic nitrogens is 4. The predicted molar refractivity (Wildman–Crippen MR) is 97.6 cm³/mol. The SMILES string of the molecule is COC[C@@H]1CN(c2ccncn2)C[C@H]1C(=O)NCc1c(C)nn(C)c1C. The van der Waals surface area contributed by atoms with Crippen LogP contribution in [0.5, 0.6) is 0 Å². The molecule has 0 bridgehead atoms. The number of amides is 1. The highest BCUT2D eigenvalue weighted by molar-refractivity contribution is 5.80. The molecule has 140 valence electrons. The van der Waals surface area contributed by atoms with Gasteiger partial charge in [0.05, 0.1) is 18.2 Å². The standard InChI is InChI=1S/C18H26N6O2/c1-12-15(13(2)23(3)22-12)7-20-18(25)16-9-24(8-14(16)10-26-4)17-5-6-19-11-21-17/h5-6,11,14,16H,7-10H2,1-4H3,(H,20,25)/t14-,16+/m0/s1. The van der Waals surface area contributed by atoms with Crippen molar-refractivity contribution in [3.8, 4) is 0 Å². The first kappa shape index (κ1) is 18.3. The summed E-state index contributed by atoms with van der Waals surface area (Å²) in [6.45, 7) is 6.39. The first-order valence-corrected chi connectivity index (χ1v) is 8.78. The number of nitrogens with zero attached hydrogens (tertiary/aromatic N) is 5. The lowest BCUT2D eigenvalue weighted by Gasteiger charge is -2.17. The molecule has 3 rings (SSSR count). The van der Waals surface area contributed by atoms with Crippen LogP contribution in [-0.4, -0.2) is 52.5 Å². The molecule has 2 aromatic rings. The Kier molecular flexibility index (Phi) is 5.51. The molecule has 2 atom stereocenters. The number of hydrogen-bond acceptors (Lipinski definition) is 6. The van der Waals surface area contributed by atoms with E-state index in [-0.39, 0.29) is 17.7 Å². The normalized spacial score (nSPS) is 19.8. The summed E-state index contributed by atoms with van der Waals surface area (Å²) in [5, 5.41) is 7.49. The highest BCUT2D eigenvalue weighted by atomic mass is 16.5. The van der Waals surface area contributed by atoms with Gasteiger partial charge < -0.3 is 15.0 Å². The fraction of sp³-hybridized carbons (Fsp3) is 0.556. The van der Waals surface area contributed by atoms with Crippen molar-refractivity contribution < 1.29 is 9.53 Å². The van der Waals surface area contributed by atoms with E-state index in [1.54, 1.807) is 13.3 Å². The molecule has 0 unspecified atom stereocenters. The first-order valence-electron chi connectivity index (χ1n) is 8.78. The number of hydrogen-bond donors (Lipinski definition) is 1. The van der Waals surface area contributed by atoms with Gasteiger partial charge >= 0.3 is 0 Å². The molecule has 1 saturated heterocycles. The zero-order chi connectivity index (χ0) is 18.7. The molecule has 1 aliphatic rings. The quantitative estimate of drug-likeness (QED) is 0.824. The van der Waals surface area contributed by atoms with Crippen molar-refractivity contribution in [1.29, 1.82) is 0 Å². The van der Waals surface area contributed by atoms with Crippen molar-refractivity contribution in [3.05, 3.63) is 35.5 Å². The van der Waals surface area contributed by atoms with Crippen LogP contribution in [0, 0.1) is 25.7 Å². The molecule has 0 aromatic carbocycles. The van der Waals surface area contributed by atoms with Crippen molar-refractivity contribution >= 4 is 11.7 Å². The second-order valence-electron chi connectivity index (χ2n) is 6.79. The largest absolute Gasteiger partial charge is 0.384 e. The third kappa shape index (κ3) is 3.70. The Morgan fingerprint density at radius 3 is 2.81 bits per heavy atom. The van der Waals surface area contributed by atoms with E-state index in [9.17, 15) is 4.79 Å². The predicted octanol–water partition coefficient (Wildman–Crippen LogP) is 0.842. The smallest absolute Gasteiger partial charge is 0.225 e. The molecule has 1 aliphatic heterocycles. The van der Waals surface area contributed by atoms with Crippen LogP contribution in [0.1, 0.15) is 17.0 Å². The van der Waals surface area contributed by atoms with Gasteiger partial charge in [0, 0.05) is 57.2 Å². The minimum Gasteiger partial charge on any atom is -0.384 e. The van der Waals surface area contributed by atoms with Gasteiger partial charge in [0.15, 0.2) is 0 Å². The zero-order valence-electron chi connectivity index (χ0n) is 15.8. The second kappa shape index (κ2) is 7.82. The van der Waals surface area contributed by atoms with E-state index in [0.29, 0.717) is 19.7 Å². The number of methoxy groups -OCH3 is 1. The van der Waals surface area contributed by atoms with Crippen LogP contribution in [0.15, 0.2) is 18.6 Å². The van der Waals surface area contributed by atoms with Gasteiger partial charge in [-0.1, -0.05) is 0 Å². The lowest BCUT2D eigenvalue weighted by atomic mass is 9.96. The topological polar surface area (TPSA) is 85.2 Å². The highest BCUT2D eigenvalue weighted by Gasteiger charge is 2.38. The van der Waals surface area contributed by atoms with Gasteiger partial charge in [-0.3, -0.25) is 9.48 Å². The minimum atomic E-state index is -0.137. The number of carbonyl (C=O) groups excluding carboxylic acids is 1. The van der Waals surface area contributed by atoms with Gasteiger partial charge in [-0.25, -0.2) is 9.97 Å². The lowest BCUT2D eigenvalue weighted by molar-refractivity contribution is -0.126. The zero-order valence-corrected chi connectivity index (χ0v) is 15.8. The van der Waals surface area contributed by atoms with Crippen LogP contribution < -0.4 is 10.2 Å². The summed E-state index contributed by atoms with van der Waals surface area (Å²) in [7, 11) is 3.59. The number of aryl methyl sites for hydroxylation is 2. The molecule has 1 amide bonds. The summed E-state index contributed by atoms with van der Waals surface area (Å²) in [5.41, 5.74) is 3.10. The number of ether oxygens (including phenoxy) is 1. The Hall–Kier alpha value is -2.48. The van der Waals surface area contributed by atoms with Crippen LogP contribution in [0.3, 0.4) is 0 Å². The molecular formula is C18H26N6O2. The number of nitrogens with one attached hydrogen (secondary N) is 1. The molecule has 0 aliphatic carbocycles. The lowest BCUT2D eigenvalue weighted by Crippen LogP contribution is -2.36. The van der Waals surface area contributed by atoms with E-state index in [2.05, 4.69) is 25.3 Å². The molecule has 0 saturated carbocycles. The third-order valence-electron chi connectivity index (χ3n) is 5.15. The Labute approximate surface area is 153 Å². The Bertz CT molecular complexity index is 761. The van der Waals surface area contributed by atoms with Crippen molar-refractivity contribution in [2.24, 2.45) is 18.9 Å². The maximum atomic E-state index is 12.9. The summed E-state index contributed by atoms with van der Waals surface area (Å²) in [6, 6.07) is 1.87. The van der Waals surface area contributed by atoms with Crippen LogP contribution in [0.25, 0.3) is 0 Å². The molecule has 1 fully saturated rings. The molecule has 26 heavy (non-hydrogen) atoms. The van der Waals surface area contributed by atoms with Gasteiger partial charge in [-0.05, 0) is 19.9 Å². The molecule has 0 radical (unpaired) electrons. The van der Waals surface area contributed by atoms with Crippen LogP contribution in [0.4, 0.5) is 5.82 Å². The molecule has 8 nitrogen and oxygen atoms in total. The second-order valence-corrected chi connectivity index (χ2v) is 6.79. The van der Waals surface area contributed by atoms with Gasteiger partial charge in [-0.2, -0.15) is 5.10 Å². The summed E-state index contributed by atoms with van der Waals surface area (Å²) >= 11 is 0. The molecular weight excluding hydrogens is 332 g/mol. The summed E-state index contributed by atoms with van der Waals surface area (Å²) in [6.07, 6.45) is 3.25. The van der Waals surface area contributed by atoms with E-state index < -0.39 is 0 Å². The Balaban J connectivity index is 1.68. The van der Waals surface area contributed by atoms with Crippen molar-refractivity contribution in [2.45, 2.75) is 20.4 Å². The number of anilines is 1. The Morgan fingerprint density at radius 2 is 2.19 bits per heavy atom. The number of rotatable bonds is 6. The van der Waals surface area contributed by atoms with Gasteiger partial charge in [0.2, 0.25) is 5.91 Å². The fourth-order valence-electron chi connectivity index (χ4n) is 3.59. The van der Waals surface area contributed by atoms with Gasteiger partial charge in [0.1, 0.15) is 12.1 Å². The first-order chi connectivity index (χ1) is 12.5. The van der Waals surface area contributed by atoms with Crippen LogP contribution in [0.2, 0.25) is 0 Å². The van der Waals surface area contributed by atoms with E-state index in [0.717, 1.165) is 29.3 Å². The number of carbonyl (C=O) groups is 1.